The van der Waals surface area contributed by atoms with Gasteiger partial charge in [0.2, 0.25) is 0 Å². The number of hydrogen-bond acceptors (Lipinski definition) is 3. The van der Waals surface area contributed by atoms with Crippen molar-refractivity contribution in [3.05, 3.63) is 20.8 Å². The highest BCUT2D eigenvalue weighted by Crippen LogP contribution is 2.27. The van der Waals surface area contributed by atoms with Crippen LogP contribution in [0.1, 0.15) is 35.4 Å². The van der Waals surface area contributed by atoms with Gasteiger partial charge in [0.1, 0.15) is 4.88 Å². The van der Waals surface area contributed by atoms with Crippen LogP contribution in [-0.4, -0.2) is 35.0 Å². The summed E-state index contributed by atoms with van der Waals surface area (Å²) in [5, 5.41) is 10.6. The maximum atomic E-state index is 12.3. The fourth-order valence-corrected chi connectivity index (χ4v) is 3.85. The smallest absolute Gasteiger partial charge is 0.303 e. The predicted molar refractivity (Wildman–Crippen MR) is 77.5 cm³/mol. The lowest BCUT2D eigenvalue weighted by Gasteiger charge is -2.31. The third-order valence-electron chi connectivity index (χ3n) is 3.48. The topological polar surface area (TPSA) is 57.6 Å². The van der Waals surface area contributed by atoms with Crippen LogP contribution in [0.25, 0.3) is 0 Å². The maximum absolute atomic E-state index is 12.3. The first-order valence-corrected chi connectivity index (χ1v) is 7.99. The Labute approximate surface area is 124 Å². The van der Waals surface area contributed by atoms with Crippen LogP contribution in [0.15, 0.2) is 15.9 Å². The maximum Gasteiger partial charge on any atom is 0.303 e. The van der Waals surface area contributed by atoms with Crippen molar-refractivity contribution in [3.8, 4) is 0 Å². The van der Waals surface area contributed by atoms with E-state index >= 15 is 0 Å². The van der Waals surface area contributed by atoms with Gasteiger partial charge in [-0.1, -0.05) is 0 Å². The molecule has 1 aliphatic heterocycles. The van der Waals surface area contributed by atoms with Crippen molar-refractivity contribution in [1.82, 2.24) is 4.90 Å². The molecule has 1 amide bonds. The van der Waals surface area contributed by atoms with Crippen molar-refractivity contribution in [2.24, 2.45) is 5.92 Å². The van der Waals surface area contributed by atoms with Crippen LogP contribution < -0.4 is 0 Å². The van der Waals surface area contributed by atoms with E-state index in [1.165, 1.54) is 11.3 Å². The Kier molecular flexibility index (Phi) is 4.99. The van der Waals surface area contributed by atoms with E-state index in [1.54, 1.807) is 0 Å². The normalized spacial score (nSPS) is 16.6. The Morgan fingerprint density at radius 1 is 1.42 bits per heavy atom. The van der Waals surface area contributed by atoms with E-state index in [0.29, 0.717) is 5.92 Å². The average molecular weight is 346 g/mol. The van der Waals surface area contributed by atoms with E-state index < -0.39 is 5.97 Å². The van der Waals surface area contributed by atoms with E-state index in [4.69, 9.17) is 5.11 Å². The Balaban J connectivity index is 1.85. The van der Waals surface area contributed by atoms with Crippen LogP contribution in [-0.2, 0) is 4.79 Å². The number of amides is 1. The number of carbonyl (C=O) groups is 2. The number of carboxylic acid groups (broad SMARTS) is 1. The summed E-state index contributed by atoms with van der Waals surface area (Å²) in [4.78, 5) is 25.4. The summed E-state index contributed by atoms with van der Waals surface area (Å²) in [6.07, 6.45) is 2.76. The molecule has 0 atom stereocenters. The third kappa shape index (κ3) is 3.79. The molecule has 6 heteroatoms. The van der Waals surface area contributed by atoms with Gasteiger partial charge in [-0.2, -0.15) is 0 Å². The summed E-state index contributed by atoms with van der Waals surface area (Å²) in [6.45, 7) is 1.46. The zero-order chi connectivity index (χ0) is 13.8. The first-order valence-electron chi connectivity index (χ1n) is 6.32. The van der Waals surface area contributed by atoms with E-state index in [9.17, 15) is 9.59 Å². The van der Waals surface area contributed by atoms with Gasteiger partial charge in [0, 0.05) is 24.0 Å². The summed E-state index contributed by atoms with van der Waals surface area (Å²) in [5.74, 6) is -0.216. The molecule has 104 valence electrons. The van der Waals surface area contributed by atoms with Gasteiger partial charge < -0.3 is 10.0 Å². The van der Waals surface area contributed by atoms with E-state index in [-0.39, 0.29) is 12.3 Å². The molecule has 0 aliphatic carbocycles. The molecule has 1 aromatic rings. The minimum Gasteiger partial charge on any atom is -0.481 e. The lowest BCUT2D eigenvalue weighted by atomic mass is 9.92. The number of halogens is 1. The van der Waals surface area contributed by atoms with Crippen LogP contribution in [0.5, 0.6) is 0 Å². The number of thiophene rings is 1. The summed E-state index contributed by atoms with van der Waals surface area (Å²) in [7, 11) is 0. The molecule has 0 radical (unpaired) electrons. The Bertz CT molecular complexity index is 466. The Morgan fingerprint density at radius 2 is 2.11 bits per heavy atom. The zero-order valence-corrected chi connectivity index (χ0v) is 12.9. The lowest BCUT2D eigenvalue weighted by molar-refractivity contribution is -0.137. The van der Waals surface area contributed by atoms with Crippen molar-refractivity contribution < 1.29 is 14.7 Å². The highest BCUT2D eigenvalue weighted by molar-refractivity contribution is 9.10. The Morgan fingerprint density at radius 3 is 2.63 bits per heavy atom. The highest BCUT2D eigenvalue weighted by atomic mass is 79.9. The minimum absolute atomic E-state index is 0.0820. The quantitative estimate of drug-likeness (QED) is 0.911. The van der Waals surface area contributed by atoms with Crippen LogP contribution in [0.3, 0.4) is 0 Å². The van der Waals surface area contributed by atoms with Crippen LogP contribution >= 0.6 is 27.3 Å². The van der Waals surface area contributed by atoms with Crippen molar-refractivity contribution >= 4 is 39.1 Å². The number of rotatable bonds is 4. The van der Waals surface area contributed by atoms with Crippen LogP contribution in [0.4, 0.5) is 0 Å². The van der Waals surface area contributed by atoms with Gasteiger partial charge in [-0.15, -0.1) is 11.3 Å². The van der Waals surface area contributed by atoms with Crippen molar-refractivity contribution in [2.45, 2.75) is 25.7 Å². The SMILES string of the molecule is O=C(O)CCC1CCN(C(=O)c2sccc2Br)CC1. The Hall–Kier alpha value is -0.880. The molecular weight excluding hydrogens is 330 g/mol. The molecule has 1 aromatic heterocycles. The van der Waals surface area contributed by atoms with Crippen molar-refractivity contribution in [2.75, 3.05) is 13.1 Å². The number of carbonyl (C=O) groups excluding carboxylic acids is 1. The molecule has 0 spiro atoms. The van der Waals surface area contributed by atoms with Gasteiger partial charge in [-0.25, -0.2) is 0 Å². The molecule has 2 rings (SSSR count). The number of hydrogen-bond donors (Lipinski definition) is 1. The molecule has 4 nitrogen and oxygen atoms in total. The molecule has 19 heavy (non-hydrogen) atoms. The summed E-state index contributed by atoms with van der Waals surface area (Å²) in [6, 6.07) is 1.89. The van der Waals surface area contributed by atoms with Gasteiger partial charge in [0.05, 0.1) is 0 Å². The molecule has 0 bridgehead atoms. The number of aliphatic carboxylic acids is 1. The summed E-state index contributed by atoms with van der Waals surface area (Å²) >= 11 is 4.83. The molecule has 1 aliphatic rings. The first kappa shape index (κ1) is 14.5. The number of carboxylic acids is 1. The standard InChI is InChI=1S/C13H16BrNO3S/c14-10-5-8-19-12(10)13(18)15-6-3-9(4-7-15)1-2-11(16)17/h5,8-9H,1-4,6-7H2,(H,16,17). The molecule has 0 aromatic carbocycles. The largest absolute Gasteiger partial charge is 0.481 e. The van der Waals surface area contributed by atoms with E-state index in [2.05, 4.69) is 15.9 Å². The summed E-state index contributed by atoms with van der Waals surface area (Å²) in [5.41, 5.74) is 0. The molecule has 0 saturated carbocycles. The molecule has 1 saturated heterocycles. The van der Waals surface area contributed by atoms with Gasteiger partial charge >= 0.3 is 5.97 Å². The number of piperidine rings is 1. The average Bonchev–Trinajstić information content (AvgIpc) is 2.82. The number of likely N-dealkylation sites (tertiary alicyclic amines) is 1. The molecular formula is C13H16BrNO3S. The summed E-state index contributed by atoms with van der Waals surface area (Å²) < 4.78 is 0.857. The minimum atomic E-state index is -0.735. The third-order valence-corrected chi connectivity index (χ3v) is 5.31. The van der Waals surface area contributed by atoms with E-state index in [1.807, 2.05) is 16.3 Å². The first-order chi connectivity index (χ1) is 9.08. The van der Waals surface area contributed by atoms with Crippen molar-refractivity contribution in [1.29, 1.82) is 0 Å². The molecule has 1 fully saturated rings. The van der Waals surface area contributed by atoms with Crippen LogP contribution in [0.2, 0.25) is 0 Å². The second kappa shape index (κ2) is 6.52. The lowest BCUT2D eigenvalue weighted by Crippen LogP contribution is -2.38. The van der Waals surface area contributed by atoms with Gasteiger partial charge in [0.25, 0.3) is 5.91 Å². The monoisotopic (exact) mass is 345 g/mol. The highest BCUT2D eigenvalue weighted by Gasteiger charge is 2.25. The fraction of sp³-hybridized carbons (Fsp3) is 0.538. The second-order valence-corrected chi connectivity index (χ2v) is 6.54. The molecule has 0 unspecified atom stereocenters. The zero-order valence-electron chi connectivity index (χ0n) is 10.5. The predicted octanol–water partition coefficient (Wildman–Crippen LogP) is 3.23. The van der Waals surface area contributed by atoms with Gasteiger partial charge in [0.15, 0.2) is 0 Å². The van der Waals surface area contributed by atoms with Crippen LogP contribution in [0, 0.1) is 5.92 Å². The van der Waals surface area contributed by atoms with E-state index in [0.717, 1.165) is 41.7 Å². The van der Waals surface area contributed by atoms with Gasteiger partial charge in [-0.3, -0.25) is 9.59 Å². The number of nitrogens with zero attached hydrogens (tertiary/aromatic N) is 1. The molecule has 2 heterocycles. The molecule has 1 N–H and O–H groups in total. The second-order valence-electron chi connectivity index (χ2n) is 4.77. The van der Waals surface area contributed by atoms with Gasteiger partial charge in [-0.05, 0) is 52.6 Å². The van der Waals surface area contributed by atoms with Crippen molar-refractivity contribution in [3.63, 3.8) is 0 Å². The fourth-order valence-electron chi connectivity index (χ4n) is 2.34.